The van der Waals surface area contributed by atoms with Crippen molar-refractivity contribution in [1.29, 1.82) is 0 Å². The zero-order valence-electron chi connectivity index (χ0n) is 24.7. The average Bonchev–Trinajstić information content (AvgIpc) is 3.00. The number of aryl methyl sites for hydroxylation is 1. The minimum atomic E-state index is -4.17. The number of hydrogen-bond acceptors (Lipinski definition) is 5. The highest BCUT2D eigenvalue weighted by molar-refractivity contribution is 7.92. The highest BCUT2D eigenvalue weighted by Crippen LogP contribution is 2.33. The second-order valence-electron chi connectivity index (χ2n) is 10.8. The number of rotatable bonds is 12. The van der Waals surface area contributed by atoms with Gasteiger partial charge in [0.25, 0.3) is 10.0 Å². The van der Waals surface area contributed by atoms with E-state index < -0.39 is 28.5 Å². The summed E-state index contributed by atoms with van der Waals surface area (Å²) in [6, 6.07) is 21.8. The number of para-hydroxylation sites is 2. The number of benzene rings is 3. The number of hydrogen-bond donors (Lipinski definition) is 1. The molecule has 1 unspecified atom stereocenters. The Kier molecular flexibility index (Phi) is 10.6. The van der Waals surface area contributed by atoms with Crippen LogP contribution in [0.15, 0.2) is 83.8 Å². The number of ether oxygens (including phenoxy) is 1. The van der Waals surface area contributed by atoms with Gasteiger partial charge in [-0.05, 0) is 63.4 Å². The van der Waals surface area contributed by atoms with Crippen LogP contribution in [0.1, 0.15) is 57.1 Å². The van der Waals surface area contributed by atoms with Crippen LogP contribution in [0.4, 0.5) is 5.69 Å². The van der Waals surface area contributed by atoms with Crippen molar-refractivity contribution in [1.82, 2.24) is 10.2 Å². The quantitative estimate of drug-likeness (QED) is 0.302. The van der Waals surface area contributed by atoms with Gasteiger partial charge in [0, 0.05) is 12.6 Å². The molecule has 8 nitrogen and oxygen atoms in total. The molecule has 1 saturated carbocycles. The van der Waals surface area contributed by atoms with Gasteiger partial charge < -0.3 is 15.0 Å². The van der Waals surface area contributed by atoms with Crippen molar-refractivity contribution >= 4 is 27.5 Å². The normalized spacial score (nSPS) is 14.5. The largest absolute Gasteiger partial charge is 0.492 e. The van der Waals surface area contributed by atoms with Gasteiger partial charge in [-0.2, -0.15) is 0 Å². The minimum absolute atomic E-state index is 0.0530. The van der Waals surface area contributed by atoms with Gasteiger partial charge in [-0.15, -0.1) is 0 Å². The summed E-state index contributed by atoms with van der Waals surface area (Å²) in [5.41, 5.74) is 2.18. The number of carbonyl (C=O) groups is 2. The van der Waals surface area contributed by atoms with Crippen LogP contribution < -0.4 is 14.4 Å². The zero-order valence-corrected chi connectivity index (χ0v) is 25.5. The van der Waals surface area contributed by atoms with E-state index in [0.29, 0.717) is 12.4 Å². The second kappa shape index (κ2) is 14.4. The van der Waals surface area contributed by atoms with Crippen LogP contribution in [0, 0.1) is 6.92 Å². The van der Waals surface area contributed by atoms with E-state index >= 15 is 0 Å². The van der Waals surface area contributed by atoms with E-state index in [0.717, 1.165) is 47.5 Å². The lowest BCUT2D eigenvalue weighted by molar-refractivity contribution is -0.139. The Bertz CT molecular complexity index is 1440. The molecule has 0 saturated heterocycles. The number of sulfonamides is 1. The number of nitrogens with one attached hydrogen (secondary N) is 1. The van der Waals surface area contributed by atoms with Crippen molar-refractivity contribution in [3.63, 3.8) is 0 Å². The summed E-state index contributed by atoms with van der Waals surface area (Å²) in [7, 11) is -4.17. The molecule has 0 aromatic heterocycles. The third-order valence-electron chi connectivity index (χ3n) is 7.64. The molecule has 0 spiro atoms. The summed E-state index contributed by atoms with van der Waals surface area (Å²) in [5, 5.41) is 3.13. The predicted molar refractivity (Wildman–Crippen MR) is 165 cm³/mol. The van der Waals surface area contributed by atoms with Crippen LogP contribution in [-0.4, -0.2) is 50.4 Å². The molecular formula is C33H41N3O5S. The van der Waals surface area contributed by atoms with Gasteiger partial charge in [-0.3, -0.25) is 13.9 Å². The summed E-state index contributed by atoms with van der Waals surface area (Å²) in [6.45, 7) is 5.47. The molecule has 4 rings (SSSR count). The summed E-state index contributed by atoms with van der Waals surface area (Å²) >= 11 is 0. The Labute approximate surface area is 249 Å². The van der Waals surface area contributed by atoms with Gasteiger partial charge >= 0.3 is 0 Å². The summed E-state index contributed by atoms with van der Waals surface area (Å²) in [4.78, 5) is 29.2. The zero-order chi connectivity index (χ0) is 30.1. The molecule has 1 fully saturated rings. The van der Waals surface area contributed by atoms with Crippen LogP contribution in [0.3, 0.4) is 0 Å². The fraction of sp³-hybridized carbons (Fsp3) is 0.394. The van der Waals surface area contributed by atoms with Crippen molar-refractivity contribution in [2.75, 3.05) is 17.5 Å². The molecule has 224 valence electrons. The van der Waals surface area contributed by atoms with Crippen molar-refractivity contribution in [2.45, 2.75) is 76.4 Å². The molecule has 0 aliphatic heterocycles. The van der Waals surface area contributed by atoms with Gasteiger partial charge in [0.15, 0.2) is 0 Å². The van der Waals surface area contributed by atoms with E-state index in [4.69, 9.17) is 4.74 Å². The van der Waals surface area contributed by atoms with Crippen molar-refractivity contribution in [3.8, 4) is 5.75 Å². The molecule has 2 amide bonds. The molecule has 1 aliphatic carbocycles. The standard InChI is InChI=1S/C33H41N3O5S/c1-4-41-31-18-12-11-17-30(31)36(42(39,40)29-15-9-6-10-16-29)24-32(37)35(23-27-21-19-25(2)20-22-27)26(3)33(38)34-28-13-7-5-8-14-28/h6,9-12,15-22,26,28H,4-5,7-8,13-14,23-24H2,1-3H3,(H,34,38). The molecule has 3 aromatic rings. The van der Waals surface area contributed by atoms with Crippen LogP contribution in [0.2, 0.25) is 0 Å². The SMILES string of the molecule is CCOc1ccccc1N(CC(=O)N(Cc1ccc(C)cc1)C(C)C(=O)NC1CCCCC1)S(=O)(=O)c1ccccc1. The van der Waals surface area contributed by atoms with E-state index in [-0.39, 0.29) is 29.1 Å². The summed E-state index contributed by atoms with van der Waals surface area (Å²) in [6.07, 6.45) is 5.13. The summed E-state index contributed by atoms with van der Waals surface area (Å²) < 4.78 is 34.9. The number of anilines is 1. The van der Waals surface area contributed by atoms with Crippen LogP contribution in [0.25, 0.3) is 0 Å². The van der Waals surface area contributed by atoms with Gasteiger partial charge in [0.2, 0.25) is 11.8 Å². The maximum atomic E-state index is 14.2. The molecule has 0 bridgehead atoms. The van der Waals surface area contributed by atoms with Crippen LogP contribution in [0.5, 0.6) is 5.75 Å². The first kappa shape index (κ1) is 31.1. The van der Waals surface area contributed by atoms with Gasteiger partial charge in [-0.25, -0.2) is 8.42 Å². The summed E-state index contributed by atoms with van der Waals surface area (Å²) in [5.74, 6) is -0.386. The second-order valence-corrected chi connectivity index (χ2v) is 12.6. The molecular weight excluding hydrogens is 550 g/mol. The Morgan fingerprint density at radius 2 is 1.57 bits per heavy atom. The number of nitrogens with zero attached hydrogens (tertiary/aromatic N) is 2. The van der Waals surface area contributed by atoms with E-state index in [2.05, 4.69) is 5.32 Å². The van der Waals surface area contributed by atoms with E-state index in [1.54, 1.807) is 49.4 Å². The minimum Gasteiger partial charge on any atom is -0.492 e. The molecule has 1 N–H and O–H groups in total. The highest BCUT2D eigenvalue weighted by Gasteiger charge is 2.34. The first-order valence-electron chi connectivity index (χ1n) is 14.7. The van der Waals surface area contributed by atoms with Crippen molar-refractivity contribution in [2.24, 2.45) is 0 Å². The molecule has 9 heteroatoms. The third-order valence-corrected chi connectivity index (χ3v) is 9.41. The molecule has 3 aromatic carbocycles. The molecule has 1 atom stereocenters. The Hall–Kier alpha value is -3.85. The van der Waals surface area contributed by atoms with Crippen LogP contribution >= 0.6 is 0 Å². The van der Waals surface area contributed by atoms with E-state index in [9.17, 15) is 18.0 Å². The molecule has 42 heavy (non-hydrogen) atoms. The van der Waals surface area contributed by atoms with Gasteiger partial charge in [0.05, 0.1) is 17.2 Å². The lowest BCUT2D eigenvalue weighted by atomic mass is 9.95. The van der Waals surface area contributed by atoms with E-state index in [1.165, 1.54) is 17.0 Å². The first-order valence-corrected chi connectivity index (χ1v) is 16.1. The predicted octanol–water partition coefficient (Wildman–Crippen LogP) is 5.46. The third kappa shape index (κ3) is 7.70. The Morgan fingerprint density at radius 1 is 0.929 bits per heavy atom. The smallest absolute Gasteiger partial charge is 0.264 e. The topological polar surface area (TPSA) is 96.0 Å². The molecule has 1 aliphatic rings. The Balaban J connectivity index is 1.70. The fourth-order valence-electron chi connectivity index (χ4n) is 5.22. The molecule has 0 heterocycles. The Morgan fingerprint density at radius 3 is 2.24 bits per heavy atom. The molecule has 0 radical (unpaired) electrons. The highest BCUT2D eigenvalue weighted by atomic mass is 32.2. The van der Waals surface area contributed by atoms with Gasteiger partial charge in [0.1, 0.15) is 18.3 Å². The maximum Gasteiger partial charge on any atom is 0.264 e. The first-order chi connectivity index (χ1) is 20.2. The van der Waals surface area contributed by atoms with Crippen molar-refractivity contribution in [3.05, 3.63) is 90.0 Å². The van der Waals surface area contributed by atoms with Crippen molar-refractivity contribution < 1.29 is 22.7 Å². The average molecular weight is 592 g/mol. The number of amides is 2. The lowest BCUT2D eigenvalue weighted by Crippen LogP contribution is -2.53. The van der Waals surface area contributed by atoms with E-state index in [1.807, 2.05) is 38.1 Å². The monoisotopic (exact) mass is 591 g/mol. The number of carbonyl (C=O) groups excluding carboxylic acids is 2. The van der Waals surface area contributed by atoms with Crippen LogP contribution in [-0.2, 0) is 26.2 Å². The lowest BCUT2D eigenvalue weighted by Gasteiger charge is -2.33. The maximum absolute atomic E-state index is 14.2. The van der Waals surface area contributed by atoms with Gasteiger partial charge in [-0.1, -0.05) is 79.4 Å². The fourth-order valence-corrected chi connectivity index (χ4v) is 6.66.